The summed E-state index contributed by atoms with van der Waals surface area (Å²) in [5.41, 5.74) is 4.78. The van der Waals surface area contributed by atoms with E-state index in [2.05, 4.69) is 25.3 Å². The Morgan fingerprint density at radius 3 is 2.50 bits per heavy atom. The minimum atomic E-state index is -0.139. The fraction of sp³-hybridized carbons (Fsp3) is 0.217. The molecule has 4 heterocycles. The fourth-order valence-corrected chi connectivity index (χ4v) is 3.41. The number of aromatic nitrogens is 4. The maximum atomic E-state index is 12.2. The minimum absolute atomic E-state index is 0.139. The number of carbonyl (C=O) groups excluding carboxylic acids is 1. The van der Waals surface area contributed by atoms with Gasteiger partial charge in [0.15, 0.2) is 0 Å². The Morgan fingerprint density at radius 2 is 1.81 bits per heavy atom. The summed E-state index contributed by atoms with van der Waals surface area (Å²) >= 11 is 0. The van der Waals surface area contributed by atoms with Gasteiger partial charge in [0.1, 0.15) is 17.3 Å². The summed E-state index contributed by atoms with van der Waals surface area (Å²) in [6.07, 6.45) is 5.00. The Balaban J connectivity index is 1.82. The molecule has 164 valence electrons. The van der Waals surface area contributed by atoms with E-state index in [4.69, 9.17) is 9.47 Å². The second-order valence-electron chi connectivity index (χ2n) is 7.45. The molecule has 0 spiro atoms. The van der Waals surface area contributed by atoms with E-state index in [0.29, 0.717) is 17.3 Å². The summed E-state index contributed by atoms with van der Waals surface area (Å²) in [5, 5.41) is 2.84. The van der Waals surface area contributed by atoms with Crippen LogP contribution < -0.4 is 14.8 Å². The zero-order valence-corrected chi connectivity index (χ0v) is 18.3. The Labute approximate surface area is 185 Å². The van der Waals surface area contributed by atoms with Crippen LogP contribution in [-0.4, -0.2) is 65.6 Å². The number of pyridine rings is 3. The van der Waals surface area contributed by atoms with Crippen molar-refractivity contribution in [3.05, 3.63) is 48.9 Å². The van der Waals surface area contributed by atoms with Crippen LogP contribution in [0.2, 0.25) is 0 Å². The van der Waals surface area contributed by atoms with Gasteiger partial charge in [-0.1, -0.05) is 0 Å². The van der Waals surface area contributed by atoms with Gasteiger partial charge in [0, 0.05) is 17.8 Å². The molecule has 1 amide bonds. The second-order valence-corrected chi connectivity index (χ2v) is 7.45. The van der Waals surface area contributed by atoms with Crippen LogP contribution in [0.25, 0.3) is 33.5 Å². The molecule has 2 N–H and O–H groups in total. The smallest absolute Gasteiger partial charge is 0.239 e. The number of likely N-dealkylation sites (N-methyl/N-ethyl adjacent to an activating group) is 1. The second kappa shape index (κ2) is 9.03. The highest BCUT2D eigenvalue weighted by Gasteiger charge is 2.19. The molecule has 4 aromatic heterocycles. The standard InChI is InChI=1S/C23H24N6O3/c1-29(2)13-20(30)28-19-9-14(7-8-24-19)22-21(17-6-5-15(31-3)11-25-17)23-18(27-22)10-16(32-4)12-26-23/h5-12,27H,13H2,1-4H3,(H,24,28,30). The minimum Gasteiger partial charge on any atom is -0.495 e. The van der Waals surface area contributed by atoms with E-state index in [0.717, 1.165) is 33.5 Å². The van der Waals surface area contributed by atoms with Crippen molar-refractivity contribution >= 4 is 22.8 Å². The summed E-state index contributed by atoms with van der Waals surface area (Å²) in [7, 11) is 6.88. The Kier molecular flexibility index (Phi) is 6.00. The number of hydrogen-bond acceptors (Lipinski definition) is 7. The highest BCUT2D eigenvalue weighted by atomic mass is 16.5. The Hall–Kier alpha value is -3.98. The summed E-state index contributed by atoms with van der Waals surface area (Å²) in [4.78, 5) is 30.9. The van der Waals surface area contributed by atoms with Crippen LogP contribution in [0.1, 0.15) is 0 Å². The lowest BCUT2D eigenvalue weighted by atomic mass is 10.0. The van der Waals surface area contributed by atoms with Gasteiger partial charge in [-0.2, -0.15) is 0 Å². The zero-order valence-electron chi connectivity index (χ0n) is 18.3. The average molecular weight is 432 g/mol. The van der Waals surface area contributed by atoms with E-state index in [1.165, 1.54) is 0 Å². The van der Waals surface area contributed by atoms with Crippen LogP contribution >= 0.6 is 0 Å². The molecule has 0 aromatic carbocycles. The van der Waals surface area contributed by atoms with Crippen LogP contribution in [0, 0.1) is 0 Å². The molecule has 9 nitrogen and oxygen atoms in total. The van der Waals surface area contributed by atoms with Gasteiger partial charge < -0.3 is 24.7 Å². The molecule has 0 saturated heterocycles. The number of nitrogens with zero attached hydrogens (tertiary/aromatic N) is 4. The molecule has 0 unspecified atom stereocenters. The number of amides is 1. The number of anilines is 1. The lowest BCUT2D eigenvalue weighted by molar-refractivity contribution is -0.116. The molecule has 0 fully saturated rings. The van der Waals surface area contributed by atoms with Gasteiger partial charge in [-0.05, 0) is 38.4 Å². The van der Waals surface area contributed by atoms with Gasteiger partial charge in [0.05, 0.1) is 61.1 Å². The number of ether oxygens (including phenoxy) is 2. The van der Waals surface area contributed by atoms with Crippen molar-refractivity contribution in [3.63, 3.8) is 0 Å². The van der Waals surface area contributed by atoms with Crippen LogP contribution in [-0.2, 0) is 4.79 Å². The molecule has 0 atom stereocenters. The Morgan fingerprint density at radius 1 is 1.03 bits per heavy atom. The summed E-state index contributed by atoms with van der Waals surface area (Å²) in [6, 6.07) is 9.32. The van der Waals surface area contributed by atoms with Crippen LogP contribution in [0.3, 0.4) is 0 Å². The summed E-state index contributed by atoms with van der Waals surface area (Å²) < 4.78 is 10.6. The number of hydrogen-bond donors (Lipinski definition) is 2. The quantitative estimate of drug-likeness (QED) is 0.462. The number of aromatic amines is 1. The number of fused-ring (bicyclic) bond motifs is 1. The Bertz CT molecular complexity index is 1250. The van der Waals surface area contributed by atoms with Crippen molar-refractivity contribution in [3.8, 4) is 34.0 Å². The molecule has 0 radical (unpaired) electrons. The third-order valence-electron chi connectivity index (χ3n) is 4.85. The lowest BCUT2D eigenvalue weighted by Gasteiger charge is -2.11. The van der Waals surface area contributed by atoms with Gasteiger partial charge in [0.2, 0.25) is 5.91 Å². The van der Waals surface area contributed by atoms with Gasteiger partial charge in [-0.3, -0.25) is 14.8 Å². The zero-order chi connectivity index (χ0) is 22.7. The van der Waals surface area contributed by atoms with Crippen molar-refractivity contribution < 1.29 is 14.3 Å². The first-order valence-corrected chi connectivity index (χ1v) is 9.95. The monoisotopic (exact) mass is 432 g/mol. The van der Waals surface area contributed by atoms with Crippen molar-refractivity contribution in [2.75, 3.05) is 40.2 Å². The lowest BCUT2D eigenvalue weighted by Crippen LogP contribution is -2.27. The number of H-pyrrole nitrogens is 1. The highest BCUT2D eigenvalue weighted by Crippen LogP contribution is 2.38. The topological polar surface area (TPSA) is 105 Å². The molecule has 0 aliphatic rings. The molecule has 0 saturated carbocycles. The van der Waals surface area contributed by atoms with Crippen LogP contribution in [0.4, 0.5) is 5.82 Å². The van der Waals surface area contributed by atoms with Gasteiger partial charge >= 0.3 is 0 Å². The largest absolute Gasteiger partial charge is 0.495 e. The van der Waals surface area contributed by atoms with Crippen molar-refractivity contribution in [1.82, 2.24) is 24.8 Å². The molecular weight excluding hydrogens is 408 g/mol. The normalized spacial score (nSPS) is 11.0. The first-order valence-electron chi connectivity index (χ1n) is 9.95. The molecule has 32 heavy (non-hydrogen) atoms. The molecule has 0 aliphatic heterocycles. The predicted octanol–water partition coefficient (Wildman–Crippen LogP) is 3.20. The fourth-order valence-electron chi connectivity index (χ4n) is 3.41. The SMILES string of the molecule is COc1ccc(-c2c(-c3ccnc(NC(=O)CN(C)C)c3)[nH]c3cc(OC)cnc23)nc1. The first-order chi connectivity index (χ1) is 15.5. The first kappa shape index (κ1) is 21.3. The maximum absolute atomic E-state index is 12.2. The number of rotatable bonds is 7. The van der Waals surface area contributed by atoms with Gasteiger partial charge in [-0.15, -0.1) is 0 Å². The molecule has 0 aliphatic carbocycles. The van der Waals surface area contributed by atoms with E-state index < -0.39 is 0 Å². The van der Waals surface area contributed by atoms with Crippen molar-refractivity contribution in [2.24, 2.45) is 0 Å². The van der Waals surface area contributed by atoms with E-state index in [-0.39, 0.29) is 12.5 Å². The van der Waals surface area contributed by atoms with Gasteiger partial charge in [-0.25, -0.2) is 4.98 Å². The van der Waals surface area contributed by atoms with E-state index in [9.17, 15) is 4.79 Å². The van der Waals surface area contributed by atoms with E-state index in [1.807, 2.05) is 44.4 Å². The third kappa shape index (κ3) is 4.37. The van der Waals surface area contributed by atoms with E-state index in [1.54, 1.807) is 37.7 Å². The number of nitrogens with one attached hydrogen (secondary N) is 2. The van der Waals surface area contributed by atoms with Crippen LogP contribution in [0.15, 0.2) is 48.9 Å². The van der Waals surface area contributed by atoms with Crippen molar-refractivity contribution in [1.29, 1.82) is 0 Å². The summed E-state index contributed by atoms with van der Waals surface area (Å²) in [5.74, 6) is 1.64. The number of carbonyl (C=O) groups is 1. The highest BCUT2D eigenvalue weighted by molar-refractivity contribution is 6.01. The van der Waals surface area contributed by atoms with Crippen LogP contribution in [0.5, 0.6) is 11.5 Å². The number of methoxy groups -OCH3 is 2. The molecule has 9 heteroatoms. The molecular formula is C23H24N6O3. The van der Waals surface area contributed by atoms with E-state index >= 15 is 0 Å². The third-order valence-corrected chi connectivity index (χ3v) is 4.85. The molecule has 4 aromatic rings. The summed E-state index contributed by atoms with van der Waals surface area (Å²) in [6.45, 7) is 0.267. The molecule has 4 rings (SSSR count). The maximum Gasteiger partial charge on any atom is 0.239 e. The van der Waals surface area contributed by atoms with Crippen molar-refractivity contribution in [2.45, 2.75) is 0 Å². The predicted molar refractivity (Wildman–Crippen MR) is 123 cm³/mol. The van der Waals surface area contributed by atoms with Gasteiger partial charge in [0.25, 0.3) is 0 Å². The average Bonchev–Trinajstić information content (AvgIpc) is 3.17. The molecule has 0 bridgehead atoms.